The first-order valence-electron chi connectivity index (χ1n) is 10.6. The van der Waals surface area contributed by atoms with Crippen LogP contribution >= 0.6 is 0 Å². The first kappa shape index (κ1) is 22.0. The van der Waals surface area contributed by atoms with E-state index < -0.39 is 6.04 Å². The highest BCUT2D eigenvalue weighted by Gasteiger charge is 2.20. The number of aryl methyl sites for hydroxylation is 1. The van der Waals surface area contributed by atoms with E-state index in [0.717, 1.165) is 16.9 Å². The minimum Gasteiger partial charge on any atom is -0.489 e. The highest BCUT2D eigenvalue weighted by molar-refractivity contribution is 5.92. The molecule has 0 saturated carbocycles. The molecule has 4 aromatic rings. The lowest BCUT2D eigenvalue weighted by Gasteiger charge is -2.18. The Bertz CT molecular complexity index is 1230. The maximum absolute atomic E-state index is 13.8. The van der Waals surface area contributed by atoms with Crippen molar-refractivity contribution >= 4 is 12.0 Å². The third-order valence-electron chi connectivity index (χ3n) is 5.14. The molecule has 5 nitrogen and oxygen atoms in total. The molecule has 0 aliphatic rings. The molecule has 166 valence electrons. The van der Waals surface area contributed by atoms with Crippen molar-refractivity contribution in [3.05, 3.63) is 126 Å². The second-order valence-corrected chi connectivity index (χ2v) is 7.57. The lowest BCUT2D eigenvalue weighted by molar-refractivity contribution is -0.117. The van der Waals surface area contributed by atoms with E-state index in [0.29, 0.717) is 18.0 Å². The molecule has 1 unspecified atom stereocenters. The van der Waals surface area contributed by atoms with Crippen LogP contribution in [0.5, 0.6) is 5.75 Å². The molecule has 4 rings (SSSR count). The minimum atomic E-state index is -0.577. The highest BCUT2D eigenvalue weighted by atomic mass is 19.1. The van der Waals surface area contributed by atoms with E-state index in [9.17, 15) is 9.18 Å². The van der Waals surface area contributed by atoms with Gasteiger partial charge in [0.25, 0.3) is 0 Å². The molecule has 1 N–H and O–H groups in total. The second kappa shape index (κ2) is 10.4. The van der Waals surface area contributed by atoms with Crippen molar-refractivity contribution in [1.29, 1.82) is 0 Å². The van der Waals surface area contributed by atoms with E-state index in [4.69, 9.17) is 4.74 Å². The molecule has 0 aliphatic carbocycles. The Morgan fingerprint density at radius 1 is 1.09 bits per heavy atom. The van der Waals surface area contributed by atoms with Crippen LogP contribution in [0.2, 0.25) is 0 Å². The van der Waals surface area contributed by atoms with Gasteiger partial charge >= 0.3 is 0 Å². The number of benzene rings is 3. The molecule has 0 spiro atoms. The fraction of sp³-hybridized carbons (Fsp3) is 0.111. The number of carbonyl (C=O) groups is 1. The monoisotopic (exact) mass is 441 g/mol. The number of nitrogens with zero attached hydrogens (tertiary/aromatic N) is 2. The van der Waals surface area contributed by atoms with Gasteiger partial charge in [0.2, 0.25) is 5.91 Å². The Hall–Kier alpha value is -4.19. The summed E-state index contributed by atoms with van der Waals surface area (Å²) in [5.41, 5.74) is 2.57. The van der Waals surface area contributed by atoms with E-state index in [1.165, 1.54) is 18.2 Å². The third kappa shape index (κ3) is 5.95. The van der Waals surface area contributed by atoms with Crippen molar-refractivity contribution < 1.29 is 13.9 Å². The van der Waals surface area contributed by atoms with Gasteiger partial charge in [-0.3, -0.25) is 4.79 Å². The Kier molecular flexibility index (Phi) is 6.95. The molecular weight excluding hydrogens is 417 g/mol. The van der Waals surface area contributed by atoms with Crippen molar-refractivity contribution in [1.82, 2.24) is 14.9 Å². The molecule has 1 heterocycles. The number of imidazole rings is 1. The molecule has 0 fully saturated rings. The van der Waals surface area contributed by atoms with Crippen LogP contribution in [-0.4, -0.2) is 15.5 Å². The summed E-state index contributed by atoms with van der Waals surface area (Å²) >= 11 is 0. The van der Waals surface area contributed by atoms with Crippen LogP contribution < -0.4 is 10.1 Å². The van der Waals surface area contributed by atoms with Crippen LogP contribution in [0.15, 0.2) is 97.3 Å². The molecule has 0 radical (unpaired) electrons. The minimum absolute atomic E-state index is 0.309. The number of rotatable bonds is 8. The number of halogens is 1. The first-order chi connectivity index (χ1) is 16.1. The number of aromatic nitrogens is 2. The Balaban J connectivity index is 1.41. The van der Waals surface area contributed by atoms with Crippen molar-refractivity contribution in [2.45, 2.75) is 12.6 Å². The predicted octanol–water partition coefficient (Wildman–Crippen LogP) is 5.06. The molecule has 6 heteroatoms. The fourth-order valence-electron chi connectivity index (χ4n) is 3.42. The molecular formula is C27H24FN3O2. The molecule has 1 amide bonds. The van der Waals surface area contributed by atoms with Gasteiger partial charge < -0.3 is 14.6 Å². The van der Waals surface area contributed by atoms with E-state index in [2.05, 4.69) is 10.3 Å². The Morgan fingerprint density at radius 3 is 2.58 bits per heavy atom. The summed E-state index contributed by atoms with van der Waals surface area (Å²) in [5, 5.41) is 2.92. The van der Waals surface area contributed by atoms with Gasteiger partial charge in [-0.05, 0) is 47.0 Å². The normalized spacial score (nSPS) is 11.9. The van der Waals surface area contributed by atoms with Crippen LogP contribution in [0.3, 0.4) is 0 Å². The van der Waals surface area contributed by atoms with Gasteiger partial charge in [-0.15, -0.1) is 0 Å². The second-order valence-electron chi connectivity index (χ2n) is 7.57. The molecule has 1 aromatic heterocycles. The number of hydrogen-bond donors (Lipinski definition) is 1. The maximum atomic E-state index is 13.8. The van der Waals surface area contributed by atoms with E-state index in [-0.39, 0.29) is 11.7 Å². The summed E-state index contributed by atoms with van der Waals surface area (Å²) in [7, 11) is 1.83. The number of hydrogen-bond acceptors (Lipinski definition) is 3. The van der Waals surface area contributed by atoms with Gasteiger partial charge in [0, 0.05) is 25.5 Å². The van der Waals surface area contributed by atoms with Gasteiger partial charge in [-0.2, -0.15) is 0 Å². The SMILES string of the molecule is Cn1ccnc1C(NC(=O)/C=C/c1ccc(OCc2ccccc2)cc1)c1cccc(F)c1. The van der Waals surface area contributed by atoms with Crippen molar-refractivity contribution in [2.75, 3.05) is 0 Å². The molecule has 0 saturated heterocycles. The summed E-state index contributed by atoms with van der Waals surface area (Å²) < 4.78 is 21.4. The predicted molar refractivity (Wildman–Crippen MR) is 126 cm³/mol. The number of nitrogens with one attached hydrogen (secondary N) is 1. The van der Waals surface area contributed by atoms with Gasteiger partial charge in [-0.1, -0.05) is 54.6 Å². The Morgan fingerprint density at radius 2 is 1.88 bits per heavy atom. The van der Waals surface area contributed by atoms with Crippen LogP contribution in [0, 0.1) is 5.82 Å². The number of ether oxygens (including phenoxy) is 1. The summed E-state index contributed by atoms with van der Waals surface area (Å²) in [6.45, 7) is 0.493. The van der Waals surface area contributed by atoms with Crippen LogP contribution in [0.25, 0.3) is 6.08 Å². The zero-order valence-electron chi connectivity index (χ0n) is 18.2. The molecule has 0 bridgehead atoms. The van der Waals surface area contributed by atoms with Gasteiger partial charge in [0.05, 0.1) is 0 Å². The van der Waals surface area contributed by atoms with E-state index in [1.807, 2.05) is 61.6 Å². The van der Waals surface area contributed by atoms with Crippen LogP contribution in [0.1, 0.15) is 28.6 Å². The smallest absolute Gasteiger partial charge is 0.244 e. The summed E-state index contributed by atoms with van der Waals surface area (Å²) in [4.78, 5) is 17.0. The van der Waals surface area contributed by atoms with Gasteiger partial charge in [0.1, 0.15) is 30.0 Å². The van der Waals surface area contributed by atoms with Gasteiger partial charge in [-0.25, -0.2) is 9.37 Å². The molecule has 3 aromatic carbocycles. The zero-order valence-corrected chi connectivity index (χ0v) is 18.2. The Labute approximate surface area is 192 Å². The lowest BCUT2D eigenvalue weighted by atomic mass is 10.1. The fourth-order valence-corrected chi connectivity index (χ4v) is 3.42. The zero-order chi connectivity index (χ0) is 23.0. The average molecular weight is 442 g/mol. The number of amides is 1. The maximum Gasteiger partial charge on any atom is 0.244 e. The molecule has 33 heavy (non-hydrogen) atoms. The molecule has 1 atom stereocenters. The van der Waals surface area contributed by atoms with Gasteiger partial charge in [0.15, 0.2) is 0 Å². The standard InChI is InChI=1S/C27H24FN3O2/c1-31-17-16-29-27(31)26(22-8-5-9-23(28)18-22)30-25(32)15-12-20-10-13-24(14-11-20)33-19-21-6-3-2-4-7-21/h2-18,26H,19H2,1H3,(H,30,32)/b15-12+. The van der Waals surface area contributed by atoms with E-state index in [1.54, 1.807) is 35.2 Å². The van der Waals surface area contributed by atoms with E-state index >= 15 is 0 Å². The van der Waals surface area contributed by atoms with Crippen LogP contribution in [-0.2, 0) is 18.4 Å². The third-order valence-corrected chi connectivity index (χ3v) is 5.14. The highest BCUT2D eigenvalue weighted by Crippen LogP contribution is 2.21. The van der Waals surface area contributed by atoms with Crippen LogP contribution in [0.4, 0.5) is 4.39 Å². The largest absolute Gasteiger partial charge is 0.489 e. The summed E-state index contributed by atoms with van der Waals surface area (Å²) in [6.07, 6.45) is 6.60. The summed E-state index contributed by atoms with van der Waals surface area (Å²) in [5.74, 6) is 0.686. The topological polar surface area (TPSA) is 56.2 Å². The first-order valence-corrected chi connectivity index (χ1v) is 10.6. The van der Waals surface area contributed by atoms with Crippen molar-refractivity contribution in [3.8, 4) is 5.75 Å². The lowest BCUT2D eigenvalue weighted by Crippen LogP contribution is -2.29. The average Bonchev–Trinajstić information content (AvgIpc) is 3.26. The number of carbonyl (C=O) groups excluding carboxylic acids is 1. The molecule has 0 aliphatic heterocycles. The van der Waals surface area contributed by atoms with Crippen molar-refractivity contribution in [2.24, 2.45) is 7.05 Å². The quantitative estimate of drug-likeness (QED) is 0.389. The summed E-state index contributed by atoms with van der Waals surface area (Å²) in [6, 6.07) is 23.0. The van der Waals surface area contributed by atoms with Crippen molar-refractivity contribution in [3.63, 3.8) is 0 Å².